The molecule has 0 bridgehead atoms. The molecule has 8 heteroatoms. The fourth-order valence-electron chi connectivity index (χ4n) is 2.98. The molecule has 3 heterocycles. The van der Waals surface area contributed by atoms with Gasteiger partial charge in [-0.2, -0.15) is 0 Å². The lowest BCUT2D eigenvalue weighted by molar-refractivity contribution is -0.115. The number of aromatic nitrogens is 2. The van der Waals surface area contributed by atoms with Crippen molar-refractivity contribution in [3.63, 3.8) is 0 Å². The Kier molecular flexibility index (Phi) is 4.96. The highest BCUT2D eigenvalue weighted by molar-refractivity contribution is 7.99. The summed E-state index contributed by atoms with van der Waals surface area (Å²) in [5.74, 6) is -0.0211. The maximum absolute atomic E-state index is 13.2. The first-order valence-corrected chi connectivity index (χ1v) is 10.1. The third kappa shape index (κ3) is 3.75. The van der Waals surface area contributed by atoms with Crippen molar-refractivity contribution in [3.8, 4) is 0 Å². The Morgan fingerprint density at radius 2 is 2.20 bits per heavy atom. The number of hydrogen-bond acceptors (Lipinski definition) is 6. The molecule has 3 rings (SSSR count). The second-order valence-electron chi connectivity index (χ2n) is 7.37. The van der Waals surface area contributed by atoms with Crippen LogP contribution in [0.3, 0.4) is 0 Å². The van der Waals surface area contributed by atoms with Gasteiger partial charge in [0.1, 0.15) is 4.83 Å². The second kappa shape index (κ2) is 6.74. The van der Waals surface area contributed by atoms with Gasteiger partial charge < -0.3 is 10.5 Å². The maximum Gasteiger partial charge on any atom is 0.263 e. The molecule has 0 spiro atoms. The molecule has 0 aliphatic carbocycles. The summed E-state index contributed by atoms with van der Waals surface area (Å²) in [7, 11) is 0. The molecular weight excluding hydrogens is 358 g/mol. The van der Waals surface area contributed by atoms with E-state index >= 15 is 0 Å². The number of primary amides is 1. The Labute approximate surface area is 154 Å². The van der Waals surface area contributed by atoms with Crippen LogP contribution in [0, 0.1) is 5.92 Å². The third-order valence-corrected chi connectivity index (χ3v) is 6.15. The van der Waals surface area contributed by atoms with Crippen molar-refractivity contribution in [1.29, 1.82) is 0 Å². The summed E-state index contributed by atoms with van der Waals surface area (Å²) in [6, 6.07) is 0. The molecule has 0 saturated carbocycles. The molecule has 0 aromatic carbocycles. The number of nitrogens with zero attached hydrogens (tertiary/aromatic N) is 2. The van der Waals surface area contributed by atoms with Crippen LogP contribution in [-0.4, -0.2) is 26.8 Å². The second-order valence-corrected chi connectivity index (χ2v) is 9.39. The Bertz CT molecular complexity index is 883. The third-order valence-electron chi connectivity index (χ3n) is 4.05. The number of nitrogens with two attached hydrogens (primary N) is 1. The SMILES string of the molecule is CC(C)Cn1c(SCC(N)=O)nc2sc3c(c2c1=O)CC(C)(C)OC3. The average Bonchev–Trinajstić information content (AvgIpc) is 2.84. The number of ether oxygens (including phenoxy) is 1. The quantitative estimate of drug-likeness (QED) is 0.635. The van der Waals surface area contributed by atoms with Gasteiger partial charge in [0, 0.05) is 17.8 Å². The molecule has 0 atom stereocenters. The van der Waals surface area contributed by atoms with E-state index in [1.807, 2.05) is 13.8 Å². The van der Waals surface area contributed by atoms with Gasteiger partial charge in [0.05, 0.1) is 23.3 Å². The fraction of sp³-hybridized carbons (Fsp3) is 0.588. The van der Waals surface area contributed by atoms with E-state index in [9.17, 15) is 9.59 Å². The molecule has 0 radical (unpaired) electrons. The van der Waals surface area contributed by atoms with Crippen molar-refractivity contribution in [2.75, 3.05) is 5.75 Å². The van der Waals surface area contributed by atoms with Crippen LogP contribution >= 0.6 is 23.1 Å². The van der Waals surface area contributed by atoms with Crippen molar-refractivity contribution >= 4 is 39.2 Å². The highest BCUT2D eigenvalue weighted by atomic mass is 32.2. The first kappa shape index (κ1) is 18.4. The van der Waals surface area contributed by atoms with E-state index in [0.717, 1.165) is 15.3 Å². The minimum Gasteiger partial charge on any atom is -0.370 e. The van der Waals surface area contributed by atoms with Gasteiger partial charge >= 0.3 is 0 Å². The van der Waals surface area contributed by atoms with Gasteiger partial charge in [0.15, 0.2) is 5.16 Å². The highest BCUT2D eigenvalue weighted by Crippen LogP contribution is 2.37. The minimum absolute atomic E-state index is 0.0270. The van der Waals surface area contributed by atoms with Gasteiger partial charge in [-0.3, -0.25) is 14.2 Å². The Morgan fingerprint density at radius 1 is 1.48 bits per heavy atom. The molecule has 6 nitrogen and oxygen atoms in total. The fourth-order valence-corrected chi connectivity index (χ4v) is 4.87. The zero-order valence-electron chi connectivity index (χ0n) is 14.9. The summed E-state index contributed by atoms with van der Waals surface area (Å²) in [5.41, 5.74) is 6.02. The van der Waals surface area contributed by atoms with Crippen LogP contribution in [0.2, 0.25) is 0 Å². The number of hydrogen-bond donors (Lipinski definition) is 1. The number of rotatable bonds is 5. The highest BCUT2D eigenvalue weighted by Gasteiger charge is 2.31. The molecule has 0 unspecified atom stereocenters. The maximum atomic E-state index is 13.2. The summed E-state index contributed by atoms with van der Waals surface area (Å²) in [6.45, 7) is 9.26. The number of thiophene rings is 1. The summed E-state index contributed by atoms with van der Waals surface area (Å²) < 4.78 is 7.56. The molecule has 2 N–H and O–H groups in total. The van der Waals surface area contributed by atoms with Gasteiger partial charge in [-0.25, -0.2) is 4.98 Å². The summed E-state index contributed by atoms with van der Waals surface area (Å²) in [4.78, 5) is 30.9. The van der Waals surface area contributed by atoms with Crippen LogP contribution in [0.1, 0.15) is 38.1 Å². The number of carbonyl (C=O) groups is 1. The number of carbonyl (C=O) groups excluding carboxylic acids is 1. The molecule has 1 amide bonds. The van der Waals surface area contributed by atoms with E-state index in [4.69, 9.17) is 15.5 Å². The van der Waals surface area contributed by atoms with E-state index in [1.165, 1.54) is 23.1 Å². The van der Waals surface area contributed by atoms with E-state index in [2.05, 4.69) is 13.8 Å². The van der Waals surface area contributed by atoms with Crippen LogP contribution in [0.5, 0.6) is 0 Å². The van der Waals surface area contributed by atoms with Crippen molar-refractivity contribution in [2.24, 2.45) is 11.7 Å². The lowest BCUT2D eigenvalue weighted by Crippen LogP contribution is -2.32. The molecule has 2 aromatic heterocycles. The normalized spacial score (nSPS) is 16.4. The molecule has 2 aromatic rings. The van der Waals surface area contributed by atoms with Crippen LogP contribution in [0.15, 0.2) is 9.95 Å². The summed E-state index contributed by atoms with van der Waals surface area (Å²) in [6.07, 6.45) is 0.703. The molecule has 0 saturated heterocycles. The van der Waals surface area contributed by atoms with Gasteiger partial charge in [0.25, 0.3) is 5.56 Å². The number of amides is 1. The Balaban J connectivity index is 2.18. The monoisotopic (exact) mass is 381 g/mol. The molecule has 0 fully saturated rings. The van der Waals surface area contributed by atoms with Crippen LogP contribution in [-0.2, 0) is 29.1 Å². The molecule has 25 heavy (non-hydrogen) atoms. The Hall–Kier alpha value is -1.38. The molecular formula is C17H23N3O3S2. The topological polar surface area (TPSA) is 87.2 Å². The first-order valence-electron chi connectivity index (χ1n) is 8.28. The predicted molar refractivity (Wildman–Crippen MR) is 101 cm³/mol. The lowest BCUT2D eigenvalue weighted by Gasteiger charge is -2.30. The first-order chi connectivity index (χ1) is 11.7. The number of thioether (sulfide) groups is 1. The van der Waals surface area contributed by atoms with Crippen molar-refractivity contribution in [2.45, 2.75) is 58.0 Å². The van der Waals surface area contributed by atoms with Crippen molar-refractivity contribution in [1.82, 2.24) is 9.55 Å². The summed E-state index contributed by atoms with van der Waals surface area (Å²) >= 11 is 2.74. The van der Waals surface area contributed by atoms with Gasteiger partial charge in [-0.05, 0) is 25.3 Å². The zero-order valence-corrected chi connectivity index (χ0v) is 16.6. The van der Waals surface area contributed by atoms with Crippen LogP contribution < -0.4 is 11.3 Å². The molecule has 1 aliphatic rings. The smallest absolute Gasteiger partial charge is 0.263 e. The van der Waals surface area contributed by atoms with E-state index < -0.39 is 5.91 Å². The van der Waals surface area contributed by atoms with E-state index in [-0.39, 0.29) is 16.9 Å². The summed E-state index contributed by atoms with van der Waals surface area (Å²) in [5, 5.41) is 1.27. The van der Waals surface area contributed by atoms with E-state index in [1.54, 1.807) is 4.57 Å². The minimum atomic E-state index is -0.420. The van der Waals surface area contributed by atoms with Gasteiger partial charge in [0.2, 0.25) is 5.91 Å². The molecule has 1 aliphatic heterocycles. The Morgan fingerprint density at radius 3 is 2.84 bits per heavy atom. The zero-order chi connectivity index (χ0) is 18.4. The van der Waals surface area contributed by atoms with Gasteiger partial charge in [-0.15, -0.1) is 11.3 Å². The predicted octanol–water partition coefficient (Wildman–Crippen LogP) is 2.54. The largest absolute Gasteiger partial charge is 0.370 e. The van der Waals surface area contributed by atoms with Crippen LogP contribution in [0.4, 0.5) is 0 Å². The standard InChI is InChI=1S/C17H23N3O3S2/c1-9(2)6-20-15(22)13-10-5-17(3,4)23-7-11(10)25-14(13)19-16(20)24-8-12(18)21/h9H,5-8H2,1-4H3,(H2,18,21). The van der Waals surface area contributed by atoms with Gasteiger partial charge in [-0.1, -0.05) is 25.6 Å². The van der Waals surface area contributed by atoms with E-state index in [0.29, 0.717) is 36.0 Å². The molecule has 136 valence electrons. The van der Waals surface area contributed by atoms with Crippen LogP contribution in [0.25, 0.3) is 10.2 Å². The van der Waals surface area contributed by atoms with Crippen molar-refractivity contribution in [3.05, 3.63) is 20.8 Å². The lowest BCUT2D eigenvalue weighted by atomic mass is 9.94. The van der Waals surface area contributed by atoms with Crippen molar-refractivity contribution < 1.29 is 9.53 Å². The number of fused-ring (bicyclic) bond motifs is 3. The average molecular weight is 382 g/mol.